The second kappa shape index (κ2) is 9.93. The van der Waals surface area contributed by atoms with Crippen molar-refractivity contribution in [3.8, 4) is 0 Å². The topological polar surface area (TPSA) is 130 Å². The van der Waals surface area contributed by atoms with Crippen LogP contribution in [-0.2, 0) is 14.4 Å². The normalized spacial score (nSPS) is 13.6. The van der Waals surface area contributed by atoms with Gasteiger partial charge in [-0.2, -0.15) is 0 Å². The number of amides is 1. The molecule has 0 heterocycles. The molecule has 0 bridgehead atoms. The van der Waals surface area contributed by atoms with Gasteiger partial charge < -0.3 is 21.3 Å². The van der Waals surface area contributed by atoms with Crippen LogP contribution in [-0.4, -0.2) is 51.6 Å². The summed E-state index contributed by atoms with van der Waals surface area (Å²) in [5.74, 6) is -2.18. The van der Waals surface area contributed by atoms with Crippen molar-refractivity contribution in [2.75, 3.05) is 11.5 Å². The summed E-state index contributed by atoms with van der Waals surface area (Å²) in [5, 5.41) is 19.9. The van der Waals surface area contributed by atoms with E-state index in [2.05, 4.69) is 5.32 Å². The average molecular weight is 310 g/mol. The molecule has 0 spiro atoms. The van der Waals surface area contributed by atoms with E-state index in [9.17, 15) is 14.4 Å². The largest absolute Gasteiger partial charge is 0.480 e. The predicted octanol–water partition coefficient (Wildman–Crippen LogP) is 0.149. The SMILES string of the molecule is CCCC(=O)N[C@@H](CSSCC(N)C(=O)O)C(=O)O. The van der Waals surface area contributed by atoms with E-state index in [1.807, 2.05) is 6.92 Å². The van der Waals surface area contributed by atoms with Gasteiger partial charge in [-0.3, -0.25) is 9.59 Å². The van der Waals surface area contributed by atoms with E-state index < -0.39 is 24.0 Å². The number of carboxylic acid groups (broad SMARTS) is 2. The monoisotopic (exact) mass is 310 g/mol. The molecule has 0 aliphatic heterocycles. The molecule has 19 heavy (non-hydrogen) atoms. The molecule has 0 aromatic heterocycles. The van der Waals surface area contributed by atoms with E-state index >= 15 is 0 Å². The summed E-state index contributed by atoms with van der Waals surface area (Å²) >= 11 is 0. The Kier molecular flexibility index (Phi) is 9.44. The first kappa shape index (κ1) is 18.1. The number of carbonyl (C=O) groups excluding carboxylic acids is 1. The number of hydrogen-bond acceptors (Lipinski definition) is 6. The summed E-state index contributed by atoms with van der Waals surface area (Å²) in [7, 11) is 2.35. The van der Waals surface area contributed by atoms with Crippen molar-refractivity contribution < 1.29 is 24.6 Å². The third-order valence-corrected chi connectivity index (χ3v) is 4.44. The Balaban J connectivity index is 3.99. The molecule has 0 fully saturated rings. The fourth-order valence-corrected chi connectivity index (χ4v) is 3.25. The summed E-state index contributed by atoms with van der Waals surface area (Å²) in [4.78, 5) is 32.7. The highest BCUT2D eigenvalue weighted by Crippen LogP contribution is 2.22. The zero-order valence-corrected chi connectivity index (χ0v) is 12.1. The van der Waals surface area contributed by atoms with Gasteiger partial charge in [0.15, 0.2) is 0 Å². The van der Waals surface area contributed by atoms with E-state index in [0.717, 1.165) is 0 Å². The van der Waals surface area contributed by atoms with Crippen LogP contribution >= 0.6 is 21.6 Å². The van der Waals surface area contributed by atoms with Gasteiger partial charge in [0.1, 0.15) is 12.1 Å². The lowest BCUT2D eigenvalue weighted by Crippen LogP contribution is -2.42. The lowest BCUT2D eigenvalue weighted by molar-refractivity contribution is -0.141. The number of nitrogens with two attached hydrogens (primary N) is 1. The van der Waals surface area contributed by atoms with Gasteiger partial charge in [-0.15, -0.1) is 0 Å². The Morgan fingerprint density at radius 3 is 2.21 bits per heavy atom. The molecule has 0 rings (SSSR count). The summed E-state index contributed by atoms with van der Waals surface area (Å²) in [5.41, 5.74) is 5.29. The smallest absolute Gasteiger partial charge is 0.327 e. The third-order valence-electron chi connectivity index (χ3n) is 1.99. The number of nitrogens with one attached hydrogen (secondary N) is 1. The quantitative estimate of drug-likeness (QED) is 0.331. The lowest BCUT2D eigenvalue weighted by atomic mass is 10.3. The number of aliphatic carboxylic acids is 2. The van der Waals surface area contributed by atoms with Crippen LogP contribution < -0.4 is 11.1 Å². The van der Waals surface area contributed by atoms with Crippen molar-refractivity contribution in [3.63, 3.8) is 0 Å². The maximum Gasteiger partial charge on any atom is 0.327 e. The first-order chi connectivity index (χ1) is 8.88. The molecule has 2 atom stereocenters. The third kappa shape index (κ3) is 8.73. The highest BCUT2D eigenvalue weighted by atomic mass is 33.1. The maximum atomic E-state index is 11.3. The van der Waals surface area contributed by atoms with Gasteiger partial charge in [0.25, 0.3) is 0 Å². The minimum absolute atomic E-state index is 0.155. The Labute approximate surface area is 119 Å². The van der Waals surface area contributed by atoms with Crippen LogP contribution in [0.2, 0.25) is 0 Å². The molecule has 1 unspecified atom stereocenters. The van der Waals surface area contributed by atoms with Crippen LogP contribution in [0.3, 0.4) is 0 Å². The second-order valence-electron chi connectivity index (χ2n) is 3.72. The van der Waals surface area contributed by atoms with Crippen molar-refractivity contribution in [2.24, 2.45) is 5.73 Å². The molecule has 0 aromatic carbocycles. The van der Waals surface area contributed by atoms with E-state index in [1.54, 1.807) is 0 Å². The van der Waals surface area contributed by atoms with Gasteiger partial charge in [-0.1, -0.05) is 28.5 Å². The van der Waals surface area contributed by atoms with Crippen molar-refractivity contribution in [1.29, 1.82) is 0 Å². The van der Waals surface area contributed by atoms with Crippen molar-refractivity contribution in [2.45, 2.75) is 31.8 Å². The minimum Gasteiger partial charge on any atom is -0.480 e. The molecule has 7 nitrogen and oxygen atoms in total. The van der Waals surface area contributed by atoms with Gasteiger partial charge in [0, 0.05) is 17.9 Å². The predicted molar refractivity (Wildman–Crippen MR) is 75.0 cm³/mol. The summed E-state index contributed by atoms with van der Waals surface area (Å²) < 4.78 is 0. The average Bonchev–Trinajstić information content (AvgIpc) is 2.32. The Morgan fingerprint density at radius 1 is 1.16 bits per heavy atom. The van der Waals surface area contributed by atoms with Crippen molar-refractivity contribution >= 4 is 39.4 Å². The molecule has 0 aliphatic carbocycles. The number of rotatable bonds is 10. The minimum atomic E-state index is -1.11. The number of carboxylic acids is 2. The highest BCUT2D eigenvalue weighted by Gasteiger charge is 2.20. The van der Waals surface area contributed by atoms with E-state index in [0.29, 0.717) is 6.42 Å². The van der Waals surface area contributed by atoms with Crippen molar-refractivity contribution in [1.82, 2.24) is 5.32 Å². The Bertz CT molecular complexity index is 327. The van der Waals surface area contributed by atoms with Gasteiger partial charge in [-0.05, 0) is 6.42 Å². The zero-order chi connectivity index (χ0) is 14.8. The molecular formula is C10H18N2O5S2. The van der Waals surface area contributed by atoms with Gasteiger partial charge >= 0.3 is 11.9 Å². The molecule has 5 N–H and O–H groups in total. The van der Waals surface area contributed by atoms with Crippen LogP contribution in [0.15, 0.2) is 0 Å². The van der Waals surface area contributed by atoms with Crippen LogP contribution in [0.25, 0.3) is 0 Å². The van der Waals surface area contributed by atoms with Gasteiger partial charge in [-0.25, -0.2) is 4.79 Å². The van der Waals surface area contributed by atoms with E-state index in [4.69, 9.17) is 15.9 Å². The highest BCUT2D eigenvalue weighted by molar-refractivity contribution is 8.76. The molecule has 0 radical (unpaired) electrons. The number of carbonyl (C=O) groups is 3. The van der Waals surface area contributed by atoms with Crippen LogP contribution in [0.1, 0.15) is 19.8 Å². The first-order valence-corrected chi connectivity index (χ1v) is 8.12. The maximum absolute atomic E-state index is 11.3. The molecule has 0 aromatic rings. The molecule has 0 saturated heterocycles. The van der Waals surface area contributed by atoms with Gasteiger partial charge in [0.2, 0.25) is 5.91 Å². The van der Waals surface area contributed by atoms with Crippen LogP contribution in [0.5, 0.6) is 0 Å². The van der Waals surface area contributed by atoms with Crippen LogP contribution in [0, 0.1) is 0 Å². The fraction of sp³-hybridized carbons (Fsp3) is 0.700. The summed E-state index contributed by atoms with van der Waals surface area (Å²) in [6.07, 6.45) is 0.930. The van der Waals surface area contributed by atoms with E-state index in [-0.39, 0.29) is 23.8 Å². The van der Waals surface area contributed by atoms with E-state index in [1.165, 1.54) is 21.6 Å². The van der Waals surface area contributed by atoms with Crippen molar-refractivity contribution in [3.05, 3.63) is 0 Å². The molecule has 0 saturated carbocycles. The Hall–Kier alpha value is -0.930. The first-order valence-electron chi connectivity index (χ1n) is 5.63. The lowest BCUT2D eigenvalue weighted by Gasteiger charge is -2.13. The summed E-state index contributed by atoms with van der Waals surface area (Å²) in [6.45, 7) is 1.83. The Morgan fingerprint density at radius 2 is 1.74 bits per heavy atom. The molecule has 1 amide bonds. The summed E-state index contributed by atoms with van der Waals surface area (Å²) in [6, 6.07) is -1.95. The second-order valence-corrected chi connectivity index (χ2v) is 6.27. The number of hydrogen-bond donors (Lipinski definition) is 4. The fourth-order valence-electron chi connectivity index (χ4n) is 0.977. The van der Waals surface area contributed by atoms with Crippen LogP contribution in [0.4, 0.5) is 0 Å². The molecule has 0 aliphatic rings. The molecule has 9 heteroatoms. The molecule has 110 valence electrons. The molecular weight excluding hydrogens is 292 g/mol. The zero-order valence-electron chi connectivity index (χ0n) is 10.5. The standard InChI is InChI=1S/C10H18N2O5S2/c1-2-3-8(13)12-7(10(16)17)5-19-18-4-6(11)9(14)15/h6-7H,2-5,11H2,1H3,(H,12,13)(H,14,15)(H,16,17)/t6?,7-/m0/s1. The van der Waals surface area contributed by atoms with Gasteiger partial charge in [0.05, 0.1) is 0 Å².